The highest BCUT2D eigenvalue weighted by atomic mass is 16.3. The first kappa shape index (κ1) is 12.3. The topological polar surface area (TPSA) is 39.6 Å². The number of hydrogen-bond donors (Lipinski definition) is 1. The summed E-state index contributed by atoms with van der Waals surface area (Å²) in [6.45, 7) is 2.24. The fourth-order valence-corrected chi connectivity index (χ4v) is 2.42. The fraction of sp³-hybridized carbons (Fsp3) is 0.615. The molecule has 1 aromatic heterocycles. The minimum Gasteiger partial charge on any atom is -0.390 e. The quantitative estimate of drug-likeness (QED) is 0.848. The lowest BCUT2D eigenvalue weighted by molar-refractivity contribution is 0.277. The summed E-state index contributed by atoms with van der Waals surface area (Å²) in [7, 11) is 4.29. The number of likely N-dealkylation sites (N-methyl/N-ethyl adjacent to an activating group) is 2. The molecule has 0 aromatic carbocycles. The molecule has 2 rings (SSSR count). The summed E-state index contributed by atoms with van der Waals surface area (Å²) >= 11 is 0. The van der Waals surface area contributed by atoms with Crippen LogP contribution in [-0.2, 0) is 6.61 Å². The van der Waals surface area contributed by atoms with Crippen molar-refractivity contribution in [3.05, 3.63) is 24.0 Å². The summed E-state index contributed by atoms with van der Waals surface area (Å²) in [5.41, 5.74) is 1.86. The van der Waals surface area contributed by atoms with E-state index < -0.39 is 0 Å². The van der Waals surface area contributed by atoms with Crippen molar-refractivity contribution < 1.29 is 5.11 Å². The van der Waals surface area contributed by atoms with Crippen molar-refractivity contribution in [2.75, 3.05) is 32.1 Å². The molecule has 94 valence electrons. The van der Waals surface area contributed by atoms with E-state index in [9.17, 15) is 0 Å². The Morgan fingerprint density at radius 2 is 2.41 bits per heavy atom. The average Bonchev–Trinajstić information content (AvgIpc) is 2.75. The molecule has 1 aliphatic heterocycles. The first-order valence-electron chi connectivity index (χ1n) is 6.18. The van der Waals surface area contributed by atoms with Gasteiger partial charge in [0.2, 0.25) is 0 Å². The van der Waals surface area contributed by atoms with Crippen LogP contribution in [0.5, 0.6) is 0 Å². The van der Waals surface area contributed by atoms with Gasteiger partial charge in [0.1, 0.15) is 0 Å². The molecule has 1 aliphatic rings. The SMILES string of the molecule is CN(CC1CCCN1C)c1ccnc(CO)c1. The largest absolute Gasteiger partial charge is 0.390 e. The average molecular weight is 235 g/mol. The highest BCUT2D eigenvalue weighted by Gasteiger charge is 2.22. The monoisotopic (exact) mass is 235 g/mol. The van der Waals surface area contributed by atoms with Crippen LogP contribution in [0.1, 0.15) is 18.5 Å². The summed E-state index contributed by atoms with van der Waals surface area (Å²) in [5.74, 6) is 0. The van der Waals surface area contributed by atoms with Crippen LogP contribution in [0.25, 0.3) is 0 Å². The predicted molar refractivity (Wildman–Crippen MR) is 69.1 cm³/mol. The third-order valence-electron chi connectivity index (χ3n) is 3.56. The molecule has 17 heavy (non-hydrogen) atoms. The van der Waals surface area contributed by atoms with Gasteiger partial charge in [-0.1, -0.05) is 0 Å². The Hall–Kier alpha value is -1.13. The summed E-state index contributed by atoms with van der Waals surface area (Å²) < 4.78 is 0. The van der Waals surface area contributed by atoms with Crippen molar-refractivity contribution in [2.24, 2.45) is 0 Å². The van der Waals surface area contributed by atoms with Gasteiger partial charge in [-0.05, 0) is 38.6 Å². The van der Waals surface area contributed by atoms with Crippen LogP contribution in [0.3, 0.4) is 0 Å². The smallest absolute Gasteiger partial charge is 0.0853 e. The Balaban J connectivity index is 2.00. The molecule has 0 saturated carbocycles. The number of aromatic nitrogens is 1. The van der Waals surface area contributed by atoms with Crippen LogP contribution >= 0.6 is 0 Å². The maximum Gasteiger partial charge on any atom is 0.0853 e. The number of aliphatic hydroxyl groups excluding tert-OH is 1. The van der Waals surface area contributed by atoms with Crippen molar-refractivity contribution in [3.63, 3.8) is 0 Å². The summed E-state index contributed by atoms with van der Waals surface area (Å²) in [4.78, 5) is 8.76. The highest BCUT2D eigenvalue weighted by molar-refractivity contribution is 5.45. The molecule has 1 N–H and O–H groups in total. The van der Waals surface area contributed by atoms with Crippen LogP contribution in [0.15, 0.2) is 18.3 Å². The molecule has 1 saturated heterocycles. The van der Waals surface area contributed by atoms with Gasteiger partial charge in [-0.15, -0.1) is 0 Å². The van der Waals surface area contributed by atoms with E-state index in [-0.39, 0.29) is 6.61 Å². The molecule has 0 bridgehead atoms. The van der Waals surface area contributed by atoms with Gasteiger partial charge in [-0.3, -0.25) is 4.98 Å². The van der Waals surface area contributed by atoms with Gasteiger partial charge in [0.15, 0.2) is 0 Å². The van der Waals surface area contributed by atoms with Crippen molar-refractivity contribution in [2.45, 2.75) is 25.5 Å². The number of rotatable bonds is 4. The second-order valence-corrected chi connectivity index (χ2v) is 4.82. The second kappa shape index (κ2) is 5.47. The predicted octanol–water partition coefficient (Wildman–Crippen LogP) is 1.10. The van der Waals surface area contributed by atoms with Crippen LogP contribution in [0.4, 0.5) is 5.69 Å². The molecule has 4 nitrogen and oxygen atoms in total. The maximum atomic E-state index is 9.08. The second-order valence-electron chi connectivity index (χ2n) is 4.82. The van der Waals surface area contributed by atoms with Gasteiger partial charge in [0.05, 0.1) is 12.3 Å². The Morgan fingerprint density at radius 1 is 1.59 bits per heavy atom. The molecule has 2 heterocycles. The summed E-state index contributed by atoms with van der Waals surface area (Å²) in [6, 6.07) is 4.59. The van der Waals surface area contributed by atoms with Crippen LogP contribution < -0.4 is 4.90 Å². The summed E-state index contributed by atoms with van der Waals surface area (Å²) in [6.07, 6.45) is 4.34. The van der Waals surface area contributed by atoms with Gasteiger partial charge in [0.25, 0.3) is 0 Å². The van der Waals surface area contributed by atoms with E-state index >= 15 is 0 Å². The fourth-order valence-electron chi connectivity index (χ4n) is 2.42. The van der Waals surface area contributed by atoms with Crippen molar-refractivity contribution in [1.29, 1.82) is 0 Å². The maximum absolute atomic E-state index is 9.08. The lowest BCUT2D eigenvalue weighted by Crippen LogP contribution is -2.36. The molecule has 1 unspecified atom stereocenters. The first-order valence-corrected chi connectivity index (χ1v) is 6.18. The lowest BCUT2D eigenvalue weighted by Gasteiger charge is -2.27. The zero-order valence-electron chi connectivity index (χ0n) is 10.6. The number of anilines is 1. The van der Waals surface area contributed by atoms with Crippen molar-refractivity contribution in [1.82, 2.24) is 9.88 Å². The third kappa shape index (κ3) is 2.96. The zero-order chi connectivity index (χ0) is 12.3. The van der Waals surface area contributed by atoms with E-state index in [1.54, 1.807) is 6.20 Å². The van der Waals surface area contributed by atoms with E-state index in [0.29, 0.717) is 6.04 Å². The Labute approximate surface area is 103 Å². The van der Waals surface area contributed by atoms with E-state index in [1.807, 2.05) is 12.1 Å². The van der Waals surface area contributed by atoms with Gasteiger partial charge < -0.3 is 14.9 Å². The highest BCUT2D eigenvalue weighted by Crippen LogP contribution is 2.19. The summed E-state index contributed by atoms with van der Waals surface area (Å²) in [5, 5.41) is 9.08. The normalized spacial score (nSPS) is 20.8. The molecular formula is C13H21N3O. The van der Waals surface area contributed by atoms with Gasteiger partial charge in [-0.25, -0.2) is 0 Å². The standard InChI is InChI=1S/C13H21N3O/c1-15-7-3-4-13(15)9-16(2)12-5-6-14-11(8-12)10-17/h5-6,8,13,17H,3-4,7,9-10H2,1-2H3. The minimum atomic E-state index is 0.00497. The number of likely N-dealkylation sites (tertiary alicyclic amines) is 1. The molecule has 1 fully saturated rings. The zero-order valence-corrected chi connectivity index (χ0v) is 10.6. The Bertz CT molecular complexity index is 369. The number of hydrogen-bond acceptors (Lipinski definition) is 4. The van der Waals surface area contributed by atoms with E-state index in [0.717, 1.165) is 17.9 Å². The number of aliphatic hydroxyl groups is 1. The first-order chi connectivity index (χ1) is 8.20. The van der Waals surface area contributed by atoms with E-state index in [2.05, 4.69) is 28.9 Å². The minimum absolute atomic E-state index is 0.00497. The van der Waals surface area contributed by atoms with Gasteiger partial charge >= 0.3 is 0 Å². The molecule has 0 spiro atoms. The van der Waals surface area contributed by atoms with Crippen LogP contribution in [0.2, 0.25) is 0 Å². The Morgan fingerprint density at radius 3 is 3.06 bits per heavy atom. The van der Waals surface area contributed by atoms with E-state index in [1.165, 1.54) is 19.4 Å². The molecule has 0 radical (unpaired) electrons. The van der Waals surface area contributed by atoms with Gasteiger partial charge in [-0.2, -0.15) is 0 Å². The molecular weight excluding hydrogens is 214 g/mol. The molecule has 1 atom stereocenters. The number of nitrogens with zero attached hydrogens (tertiary/aromatic N) is 3. The number of pyridine rings is 1. The van der Waals surface area contributed by atoms with Crippen molar-refractivity contribution in [3.8, 4) is 0 Å². The molecule has 0 aliphatic carbocycles. The Kier molecular flexibility index (Phi) is 3.97. The van der Waals surface area contributed by atoms with Crippen LogP contribution in [-0.4, -0.2) is 48.2 Å². The molecule has 4 heteroatoms. The van der Waals surface area contributed by atoms with Crippen LogP contribution in [0, 0.1) is 0 Å². The molecule has 0 amide bonds. The lowest BCUT2D eigenvalue weighted by atomic mass is 10.2. The van der Waals surface area contributed by atoms with E-state index in [4.69, 9.17) is 5.11 Å². The molecule has 1 aromatic rings. The van der Waals surface area contributed by atoms with Crippen molar-refractivity contribution >= 4 is 5.69 Å². The third-order valence-corrected chi connectivity index (χ3v) is 3.56. The van der Waals surface area contributed by atoms with Gasteiger partial charge in [0, 0.05) is 31.5 Å².